The van der Waals surface area contributed by atoms with Crippen LogP contribution < -0.4 is 5.32 Å². The van der Waals surface area contributed by atoms with Gasteiger partial charge in [-0.2, -0.15) is 13.2 Å². The van der Waals surface area contributed by atoms with Gasteiger partial charge in [0, 0.05) is 16.9 Å². The summed E-state index contributed by atoms with van der Waals surface area (Å²) in [6, 6.07) is 5.44. The predicted octanol–water partition coefficient (Wildman–Crippen LogP) is 4.75. The average molecular weight is 324 g/mol. The molecule has 0 radical (unpaired) electrons. The molecule has 1 unspecified atom stereocenters. The van der Waals surface area contributed by atoms with Crippen molar-refractivity contribution < 1.29 is 13.2 Å². The number of aryl methyl sites for hydroxylation is 1. The standard InChI is InChI=1S/C13H17BrF3N/c1-3-18-12(6-7-13(15,16)17)11-8-10(14)5-4-9(11)2/h4-5,8,12,18H,3,6-7H2,1-2H3. The number of hydrogen-bond donors (Lipinski definition) is 1. The maximum absolute atomic E-state index is 12.3. The number of alkyl halides is 3. The van der Waals surface area contributed by atoms with Crippen LogP contribution in [0, 0.1) is 6.92 Å². The van der Waals surface area contributed by atoms with Gasteiger partial charge in [-0.1, -0.05) is 28.9 Å². The molecular weight excluding hydrogens is 307 g/mol. The van der Waals surface area contributed by atoms with E-state index < -0.39 is 12.6 Å². The van der Waals surface area contributed by atoms with Gasteiger partial charge in [-0.15, -0.1) is 0 Å². The molecule has 0 aliphatic carbocycles. The predicted molar refractivity (Wildman–Crippen MR) is 70.6 cm³/mol. The van der Waals surface area contributed by atoms with Crippen LogP contribution in [0.2, 0.25) is 0 Å². The Labute approximate surface area is 114 Å². The Bertz CT molecular complexity index is 390. The zero-order chi connectivity index (χ0) is 13.8. The first kappa shape index (κ1) is 15.5. The van der Waals surface area contributed by atoms with Crippen LogP contribution in [0.15, 0.2) is 22.7 Å². The molecule has 5 heteroatoms. The Morgan fingerprint density at radius 3 is 2.56 bits per heavy atom. The molecule has 1 N–H and O–H groups in total. The van der Waals surface area contributed by atoms with Gasteiger partial charge in [0.15, 0.2) is 0 Å². The summed E-state index contributed by atoms with van der Waals surface area (Å²) in [7, 11) is 0. The molecule has 0 heterocycles. The van der Waals surface area contributed by atoms with E-state index in [1.54, 1.807) is 0 Å². The zero-order valence-corrected chi connectivity index (χ0v) is 12.0. The maximum atomic E-state index is 12.3. The van der Waals surface area contributed by atoms with E-state index in [4.69, 9.17) is 0 Å². The monoisotopic (exact) mass is 323 g/mol. The van der Waals surface area contributed by atoms with Crippen LogP contribution in [0.4, 0.5) is 13.2 Å². The fourth-order valence-electron chi connectivity index (χ4n) is 1.91. The molecule has 102 valence electrons. The van der Waals surface area contributed by atoms with E-state index in [2.05, 4.69) is 21.2 Å². The number of rotatable bonds is 5. The van der Waals surface area contributed by atoms with Gasteiger partial charge in [0.05, 0.1) is 0 Å². The SMILES string of the molecule is CCNC(CCC(F)(F)F)c1cc(Br)ccc1C. The minimum absolute atomic E-state index is 0.0641. The second-order valence-electron chi connectivity index (χ2n) is 4.27. The van der Waals surface area contributed by atoms with Crippen LogP contribution in [-0.2, 0) is 0 Å². The summed E-state index contributed by atoms with van der Waals surface area (Å²) in [5.74, 6) is 0. The van der Waals surface area contributed by atoms with Gasteiger partial charge in [-0.3, -0.25) is 0 Å². The van der Waals surface area contributed by atoms with Crippen molar-refractivity contribution in [3.63, 3.8) is 0 Å². The molecule has 0 saturated heterocycles. The summed E-state index contributed by atoms with van der Waals surface area (Å²) in [5, 5.41) is 3.12. The summed E-state index contributed by atoms with van der Waals surface area (Å²) in [4.78, 5) is 0. The van der Waals surface area contributed by atoms with E-state index in [1.807, 2.05) is 32.0 Å². The summed E-state index contributed by atoms with van der Waals surface area (Å²) in [5.41, 5.74) is 1.93. The lowest BCUT2D eigenvalue weighted by Crippen LogP contribution is -2.23. The third kappa shape index (κ3) is 4.98. The van der Waals surface area contributed by atoms with E-state index >= 15 is 0 Å². The molecule has 0 aromatic heterocycles. The molecule has 1 rings (SSSR count). The second-order valence-corrected chi connectivity index (χ2v) is 5.18. The molecular formula is C13H17BrF3N. The van der Waals surface area contributed by atoms with Gasteiger partial charge in [0.2, 0.25) is 0 Å². The molecule has 1 aromatic carbocycles. The van der Waals surface area contributed by atoms with Crippen molar-refractivity contribution in [3.8, 4) is 0 Å². The highest BCUT2D eigenvalue weighted by atomic mass is 79.9. The minimum atomic E-state index is -4.10. The highest BCUT2D eigenvalue weighted by molar-refractivity contribution is 9.10. The van der Waals surface area contributed by atoms with Gasteiger partial charge in [0.1, 0.15) is 0 Å². The molecule has 0 spiro atoms. The molecule has 1 nitrogen and oxygen atoms in total. The first-order valence-electron chi connectivity index (χ1n) is 5.89. The molecule has 0 bridgehead atoms. The van der Waals surface area contributed by atoms with E-state index in [0.29, 0.717) is 6.54 Å². The van der Waals surface area contributed by atoms with Crippen molar-refractivity contribution in [1.29, 1.82) is 0 Å². The zero-order valence-electron chi connectivity index (χ0n) is 10.4. The lowest BCUT2D eigenvalue weighted by molar-refractivity contribution is -0.136. The van der Waals surface area contributed by atoms with Gasteiger partial charge >= 0.3 is 6.18 Å². The quantitative estimate of drug-likeness (QED) is 0.824. The van der Waals surface area contributed by atoms with Crippen LogP contribution in [0.5, 0.6) is 0 Å². The van der Waals surface area contributed by atoms with Crippen molar-refractivity contribution in [2.75, 3.05) is 6.54 Å². The van der Waals surface area contributed by atoms with Crippen LogP contribution in [-0.4, -0.2) is 12.7 Å². The molecule has 0 saturated carbocycles. The lowest BCUT2D eigenvalue weighted by Gasteiger charge is -2.21. The molecule has 0 fully saturated rings. The number of halogens is 4. The van der Waals surface area contributed by atoms with Crippen molar-refractivity contribution in [3.05, 3.63) is 33.8 Å². The largest absolute Gasteiger partial charge is 0.389 e. The first-order valence-corrected chi connectivity index (χ1v) is 6.69. The van der Waals surface area contributed by atoms with Gasteiger partial charge in [-0.05, 0) is 43.1 Å². The van der Waals surface area contributed by atoms with Crippen LogP contribution >= 0.6 is 15.9 Å². The third-order valence-electron chi connectivity index (χ3n) is 2.78. The lowest BCUT2D eigenvalue weighted by atomic mass is 9.97. The molecule has 0 aliphatic rings. The maximum Gasteiger partial charge on any atom is 0.389 e. The second kappa shape index (κ2) is 6.57. The van der Waals surface area contributed by atoms with Gasteiger partial charge in [-0.25, -0.2) is 0 Å². The first-order chi connectivity index (χ1) is 8.33. The molecule has 0 aliphatic heterocycles. The van der Waals surface area contributed by atoms with E-state index in [1.165, 1.54) is 0 Å². The van der Waals surface area contributed by atoms with Crippen molar-refractivity contribution in [1.82, 2.24) is 5.32 Å². The summed E-state index contributed by atoms with van der Waals surface area (Å²) < 4.78 is 37.8. The number of nitrogens with one attached hydrogen (secondary N) is 1. The Kier molecular flexibility index (Phi) is 5.66. The fourth-order valence-corrected chi connectivity index (χ4v) is 2.29. The summed E-state index contributed by atoms with van der Waals surface area (Å²) in [6.07, 6.45) is -4.81. The Morgan fingerprint density at radius 2 is 2.00 bits per heavy atom. The Balaban J connectivity index is 2.86. The summed E-state index contributed by atoms with van der Waals surface area (Å²) in [6.45, 7) is 4.46. The molecule has 1 aromatic rings. The van der Waals surface area contributed by atoms with Gasteiger partial charge in [0.25, 0.3) is 0 Å². The topological polar surface area (TPSA) is 12.0 Å². The Morgan fingerprint density at radius 1 is 1.33 bits per heavy atom. The van der Waals surface area contributed by atoms with E-state index in [0.717, 1.165) is 15.6 Å². The van der Waals surface area contributed by atoms with Crippen LogP contribution in [0.1, 0.15) is 36.9 Å². The van der Waals surface area contributed by atoms with E-state index in [-0.39, 0.29) is 12.5 Å². The minimum Gasteiger partial charge on any atom is -0.310 e. The number of benzene rings is 1. The van der Waals surface area contributed by atoms with Crippen molar-refractivity contribution in [2.45, 2.75) is 38.9 Å². The normalized spacial score (nSPS) is 13.7. The highest BCUT2D eigenvalue weighted by Crippen LogP contribution is 2.30. The average Bonchev–Trinajstić information content (AvgIpc) is 2.26. The van der Waals surface area contributed by atoms with E-state index in [9.17, 15) is 13.2 Å². The van der Waals surface area contributed by atoms with Crippen molar-refractivity contribution >= 4 is 15.9 Å². The summed E-state index contributed by atoms with van der Waals surface area (Å²) >= 11 is 3.36. The molecule has 0 amide bonds. The van der Waals surface area contributed by atoms with Crippen molar-refractivity contribution in [2.24, 2.45) is 0 Å². The molecule has 18 heavy (non-hydrogen) atoms. The fraction of sp³-hybridized carbons (Fsp3) is 0.538. The third-order valence-corrected chi connectivity index (χ3v) is 3.28. The smallest absolute Gasteiger partial charge is 0.310 e. The van der Waals surface area contributed by atoms with Crippen LogP contribution in [0.3, 0.4) is 0 Å². The Hall–Kier alpha value is -0.550. The highest BCUT2D eigenvalue weighted by Gasteiger charge is 2.28. The van der Waals surface area contributed by atoms with Gasteiger partial charge < -0.3 is 5.32 Å². The number of hydrogen-bond acceptors (Lipinski definition) is 1. The van der Waals surface area contributed by atoms with Crippen LogP contribution in [0.25, 0.3) is 0 Å². The molecule has 1 atom stereocenters.